The van der Waals surface area contributed by atoms with Crippen LogP contribution in [0.1, 0.15) is 23.1 Å². The van der Waals surface area contributed by atoms with Crippen molar-refractivity contribution in [3.8, 4) is 11.8 Å². The summed E-state index contributed by atoms with van der Waals surface area (Å²) in [5, 5.41) is 12.2. The van der Waals surface area contributed by atoms with Gasteiger partial charge in [0.1, 0.15) is 5.75 Å². The van der Waals surface area contributed by atoms with Crippen LogP contribution in [0.25, 0.3) is 0 Å². The van der Waals surface area contributed by atoms with Gasteiger partial charge < -0.3 is 10.1 Å². The van der Waals surface area contributed by atoms with Crippen LogP contribution in [-0.4, -0.2) is 13.2 Å². The van der Waals surface area contributed by atoms with E-state index in [0.29, 0.717) is 12.2 Å². The minimum absolute atomic E-state index is 0.712. The molecule has 108 valence electrons. The van der Waals surface area contributed by atoms with Gasteiger partial charge in [-0.05, 0) is 55.3 Å². The van der Waals surface area contributed by atoms with Crippen LogP contribution in [0.5, 0.6) is 5.75 Å². The number of nitrogens with zero attached hydrogens (tertiary/aromatic N) is 1. The Hall–Kier alpha value is -2.31. The number of ether oxygens (including phenoxy) is 1. The summed E-state index contributed by atoms with van der Waals surface area (Å²) in [5.74, 6) is 0.917. The zero-order valence-electron chi connectivity index (χ0n) is 12.3. The third-order valence-corrected chi connectivity index (χ3v) is 3.30. The molecule has 0 unspecified atom stereocenters. The first-order valence-corrected chi connectivity index (χ1v) is 7.18. The van der Waals surface area contributed by atoms with E-state index < -0.39 is 0 Å². The van der Waals surface area contributed by atoms with E-state index in [1.54, 1.807) is 0 Å². The normalized spacial score (nSPS) is 10.1. The second-order valence-electron chi connectivity index (χ2n) is 4.94. The number of aryl methyl sites for hydroxylation is 1. The van der Waals surface area contributed by atoms with Crippen molar-refractivity contribution in [1.29, 1.82) is 5.26 Å². The Labute approximate surface area is 126 Å². The molecule has 0 aliphatic rings. The molecule has 3 heteroatoms. The predicted molar refractivity (Wildman–Crippen MR) is 84.2 cm³/mol. The summed E-state index contributed by atoms with van der Waals surface area (Å²) in [7, 11) is 0. The molecule has 0 saturated heterocycles. The molecular weight excluding hydrogens is 260 g/mol. The lowest BCUT2D eigenvalue weighted by Gasteiger charge is -2.09. The van der Waals surface area contributed by atoms with Gasteiger partial charge in [-0.1, -0.05) is 24.3 Å². The highest BCUT2D eigenvalue weighted by Gasteiger charge is 1.99. The molecule has 0 aliphatic carbocycles. The molecule has 1 N–H and O–H groups in total. The van der Waals surface area contributed by atoms with Gasteiger partial charge in [0.05, 0.1) is 18.2 Å². The minimum Gasteiger partial charge on any atom is -0.494 e. The zero-order chi connectivity index (χ0) is 14.9. The monoisotopic (exact) mass is 280 g/mol. The number of nitriles is 1. The van der Waals surface area contributed by atoms with E-state index in [1.807, 2.05) is 55.5 Å². The van der Waals surface area contributed by atoms with Crippen LogP contribution in [0.4, 0.5) is 0 Å². The maximum absolute atomic E-state index is 8.84. The van der Waals surface area contributed by atoms with Gasteiger partial charge in [-0.15, -0.1) is 0 Å². The van der Waals surface area contributed by atoms with Crippen molar-refractivity contribution in [2.75, 3.05) is 13.2 Å². The largest absolute Gasteiger partial charge is 0.494 e. The van der Waals surface area contributed by atoms with Crippen molar-refractivity contribution in [3.63, 3.8) is 0 Å². The average molecular weight is 280 g/mol. The average Bonchev–Trinajstić information content (AvgIpc) is 2.53. The lowest BCUT2D eigenvalue weighted by molar-refractivity contribution is 0.308. The molecule has 0 spiro atoms. The number of benzene rings is 2. The molecule has 0 aliphatic heterocycles. The van der Waals surface area contributed by atoms with Gasteiger partial charge >= 0.3 is 0 Å². The van der Waals surface area contributed by atoms with Crippen molar-refractivity contribution < 1.29 is 4.74 Å². The van der Waals surface area contributed by atoms with Gasteiger partial charge in [0.2, 0.25) is 0 Å². The Bertz CT molecular complexity index is 602. The molecule has 2 aromatic rings. The molecule has 0 atom stereocenters. The fraction of sp³-hybridized carbons (Fsp3) is 0.278. The summed E-state index contributed by atoms with van der Waals surface area (Å²) in [6.45, 7) is 4.48. The smallest absolute Gasteiger partial charge is 0.119 e. The van der Waals surface area contributed by atoms with Gasteiger partial charge in [-0.2, -0.15) is 5.26 Å². The molecule has 21 heavy (non-hydrogen) atoms. The summed E-state index contributed by atoms with van der Waals surface area (Å²) in [6, 6.07) is 17.8. The van der Waals surface area contributed by atoms with Crippen molar-refractivity contribution in [1.82, 2.24) is 5.32 Å². The van der Waals surface area contributed by atoms with E-state index in [4.69, 9.17) is 10.00 Å². The van der Waals surface area contributed by atoms with Gasteiger partial charge in [0, 0.05) is 6.54 Å². The van der Waals surface area contributed by atoms with Crippen molar-refractivity contribution in [2.45, 2.75) is 19.9 Å². The number of hydrogen-bond donors (Lipinski definition) is 1. The van der Waals surface area contributed by atoms with Crippen LogP contribution in [0.2, 0.25) is 0 Å². The molecule has 2 aromatic carbocycles. The van der Waals surface area contributed by atoms with Crippen LogP contribution in [0, 0.1) is 18.3 Å². The molecule has 0 fully saturated rings. The van der Waals surface area contributed by atoms with Gasteiger partial charge in [-0.25, -0.2) is 0 Å². The van der Waals surface area contributed by atoms with Gasteiger partial charge in [0.25, 0.3) is 0 Å². The molecule has 0 amide bonds. The number of hydrogen-bond acceptors (Lipinski definition) is 3. The Balaban J connectivity index is 1.65. The van der Waals surface area contributed by atoms with E-state index in [0.717, 1.165) is 30.8 Å². The lowest BCUT2D eigenvalue weighted by Crippen LogP contribution is -2.17. The molecule has 0 heterocycles. The molecule has 0 bridgehead atoms. The van der Waals surface area contributed by atoms with Crippen molar-refractivity contribution in [2.24, 2.45) is 0 Å². The fourth-order valence-electron chi connectivity index (χ4n) is 2.09. The third kappa shape index (κ3) is 4.94. The van der Waals surface area contributed by atoms with Crippen molar-refractivity contribution in [3.05, 3.63) is 65.2 Å². The van der Waals surface area contributed by atoms with Crippen LogP contribution in [-0.2, 0) is 6.54 Å². The van der Waals surface area contributed by atoms with Crippen LogP contribution >= 0.6 is 0 Å². The molecule has 0 aromatic heterocycles. The quantitative estimate of drug-likeness (QED) is 0.790. The highest BCUT2D eigenvalue weighted by molar-refractivity contribution is 5.37. The zero-order valence-corrected chi connectivity index (χ0v) is 12.3. The third-order valence-electron chi connectivity index (χ3n) is 3.30. The minimum atomic E-state index is 0.712. The van der Waals surface area contributed by atoms with Crippen LogP contribution < -0.4 is 10.1 Å². The van der Waals surface area contributed by atoms with E-state index in [-0.39, 0.29) is 0 Å². The van der Waals surface area contributed by atoms with E-state index in [2.05, 4.69) is 11.4 Å². The van der Waals surface area contributed by atoms with Gasteiger partial charge in [-0.3, -0.25) is 0 Å². The Kier molecular flexibility index (Phi) is 5.81. The van der Waals surface area contributed by atoms with Gasteiger partial charge in [0.15, 0.2) is 0 Å². The second-order valence-corrected chi connectivity index (χ2v) is 4.94. The summed E-state index contributed by atoms with van der Waals surface area (Å²) in [4.78, 5) is 0. The van der Waals surface area contributed by atoms with E-state index in [1.165, 1.54) is 5.56 Å². The standard InChI is InChI=1S/C18H20N2O/c1-15-12-16(13-19)8-9-17(15)14-20-10-5-11-21-18-6-3-2-4-7-18/h2-4,6-9,12,20H,5,10-11,14H2,1H3. The summed E-state index contributed by atoms with van der Waals surface area (Å²) < 4.78 is 5.64. The number of rotatable bonds is 7. The Morgan fingerprint density at radius 1 is 1.14 bits per heavy atom. The molecule has 3 nitrogen and oxygen atoms in total. The maximum Gasteiger partial charge on any atom is 0.119 e. The second kappa shape index (κ2) is 8.08. The Morgan fingerprint density at radius 3 is 2.67 bits per heavy atom. The molecular formula is C18H20N2O. The lowest BCUT2D eigenvalue weighted by atomic mass is 10.1. The predicted octanol–water partition coefficient (Wildman–Crippen LogP) is 3.43. The summed E-state index contributed by atoms with van der Waals surface area (Å²) in [5.41, 5.74) is 3.10. The first-order chi connectivity index (χ1) is 10.3. The topological polar surface area (TPSA) is 45.0 Å². The first-order valence-electron chi connectivity index (χ1n) is 7.18. The van der Waals surface area contributed by atoms with E-state index >= 15 is 0 Å². The highest BCUT2D eigenvalue weighted by atomic mass is 16.5. The van der Waals surface area contributed by atoms with Crippen LogP contribution in [0.15, 0.2) is 48.5 Å². The maximum atomic E-state index is 8.84. The summed E-state index contributed by atoms with van der Waals surface area (Å²) in [6.07, 6.45) is 0.963. The highest BCUT2D eigenvalue weighted by Crippen LogP contribution is 2.10. The summed E-state index contributed by atoms with van der Waals surface area (Å²) >= 11 is 0. The SMILES string of the molecule is Cc1cc(C#N)ccc1CNCCCOc1ccccc1. The fourth-order valence-corrected chi connectivity index (χ4v) is 2.09. The number of para-hydroxylation sites is 1. The van der Waals surface area contributed by atoms with Crippen LogP contribution in [0.3, 0.4) is 0 Å². The van der Waals surface area contributed by atoms with Crippen molar-refractivity contribution >= 4 is 0 Å². The molecule has 0 radical (unpaired) electrons. The first kappa shape index (κ1) is 15.1. The molecule has 2 rings (SSSR count). The number of nitrogens with one attached hydrogen (secondary N) is 1. The van der Waals surface area contributed by atoms with E-state index in [9.17, 15) is 0 Å². The Morgan fingerprint density at radius 2 is 1.95 bits per heavy atom. The molecule has 0 saturated carbocycles.